The molecule has 305 valence electrons. The average Bonchev–Trinajstić information content (AvgIpc) is 3.86. The molecule has 0 amide bonds. The molecule has 0 aliphatic heterocycles. The van der Waals surface area contributed by atoms with E-state index in [2.05, 4.69) is 17.1 Å². The van der Waals surface area contributed by atoms with Gasteiger partial charge in [0, 0.05) is 59.2 Å². The van der Waals surface area contributed by atoms with Gasteiger partial charge >= 0.3 is 0 Å². The van der Waals surface area contributed by atoms with Gasteiger partial charge in [0.2, 0.25) is 0 Å². The van der Waals surface area contributed by atoms with Crippen LogP contribution in [0.25, 0.3) is 72.4 Å². The Morgan fingerprint density at radius 2 is 1.48 bits per heavy atom. The number of benzene rings is 6. The Morgan fingerprint density at radius 1 is 0.750 bits per heavy atom. The van der Waals surface area contributed by atoms with Crippen LogP contribution in [0.5, 0.6) is 0 Å². The standard InChI is InChI=1S/C42H43N2OSi.C12H10N.Ir/c1-26(2)31-13-11-14-32(27(3)4)39(31)44-38-18-10-9-17-37(38)43-42(44)36-16-12-15-34-35-24-23-33(28(5)40(35)45-41(34)36)30-21-19-29(20-22-30)25-46(6,7)8;1-10-7-8-12(13-9-10)11-5-3-2-4-6-11;/h9-15,17-24,26-27H,25H2,1-8H3;2-5,7-9H,1H3;/q2*-1;/i5D3,25D2,26D,27D;1D3;. The summed E-state index contributed by atoms with van der Waals surface area (Å²) in [6.07, 6.45) is 1.39. The summed E-state index contributed by atoms with van der Waals surface area (Å²) in [5.74, 6) is -3.00. The molecular formula is C54H53IrN3OSi-2. The van der Waals surface area contributed by atoms with E-state index < -0.39 is 39.6 Å². The predicted molar refractivity (Wildman–Crippen MR) is 251 cm³/mol. The van der Waals surface area contributed by atoms with Gasteiger partial charge in [-0.1, -0.05) is 143 Å². The van der Waals surface area contributed by atoms with Crippen LogP contribution in [0, 0.1) is 25.8 Å². The number of hydrogen-bond acceptors (Lipinski definition) is 3. The van der Waals surface area contributed by atoms with Gasteiger partial charge in [-0.3, -0.25) is 4.98 Å². The molecule has 0 spiro atoms. The number of hydrogen-bond donors (Lipinski definition) is 0. The molecule has 6 heteroatoms. The van der Waals surface area contributed by atoms with Crippen LogP contribution in [0.15, 0.2) is 138 Å². The smallest absolute Gasteiger partial charge is 0.124 e. The van der Waals surface area contributed by atoms with Crippen LogP contribution in [0.2, 0.25) is 19.6 Å². The Labute approximate surface area is 384 Å². The van der Waals surface area contributed by atoms with Crippen LogP contribution < -0.4 is 0 Å². The molecule has 9 aromatic rings. The van der Waals surface area contributed by atoms with Crippen molar-refractivity contribution in [3.05, 3.63) is 174 Å². The number of aryl methyl sites for hydroxylation is 2. The first-order valence-electron chi connectivity index (χ1n) is 24.7. The fraction of sp³-hybridized carbons (Fsp3) is 0.222. The quantitative estimate of drug-likeness (QED) is 0.113. The van der Waals surface area contributed by atoms with Gasteiger partial charge in [0.15, 0.2) is 0 Å². The van der Waals surface area contributed by atoms with Crippen LogP contribution in [0.4, 0.5) is 0 Å². The molecule has 0 saturated heterocycles. The van der Waals surface area contributed by atoms with E-state index in [0.29, 0.717) is 55.6 Å². The Balaban J connectivity index is 0.000000360. The van der Waals surface area contributed by atoms with Crippen LogP contribution in [0.1, 0.15) is 81.0 Å². The minimum absolute atomic E-state index is 0. The van der Waals surface area contributed by atoms with Crippen LogP contribution in [-0.2, 0) is 26.1 Å². The van der Waals surface area contributed by atoms with Crippen LogP contribution in [0.3, 0.4) is 0 Å². The third-order valence-corrected chi connectivity index (χ3v) is 11.2. The summed E-state index contributed by atoms with van der Waals surface area (Å²) in [6, 6.07) is 45.1. The Hall–Kier alpha value is -5.39. The Kier molecular flexibility index (Phi) is 9.27. The van der Waals surface area contributed by atoms with E-state index >= 15 is 0 Å². The van der Waals surface area contributed by atoms with Crippen molar-refractivity contribution in [1.29, 1.82) is 0 Å². The SMILES string of the molecule is [2H]C([2H])([2H])c1c(-c2ccc(C([2H])([2H])[Si](C)(C)C)cc2)ccc2c1oc1c(-c3nc4ccccc4n3-c3c(C([2H])(C)C)cccc3C([2H])(C)C)[c-]ccc12.[2H]C([2H])([2H])c1ccc(-c2[c-]cccc2)nc1.[Ir]. The number of furan rings is 1. The molecule has 0 fully saturated rings. The van der Waals surface area contributed by atoms with E-state index in [1.165, 1.54) is 6.20 Å². The summed E-state index contributed by atoms with van der Waals surface area (Å²) in [5.41, 5.74) is 8.50. The fourth-order valence-corrected chi connectivity index (χ4v) is 8.53. The summed E-state index contributed by atoms with van der Waals surface area (Å²) in [7, 11) is -2.21. The van der Waals surface area contributed by atoms with Crippen LogP contribution >= 0.6 is 0 Å². The second kappa shape index (κ2) is 17.7. The maximum atomic E-state index is 9.16. The van der Waals surface area contributed by atoms with Crippen molar-refractivity contribution < 1.29 is 38.2 Å². The fourth-order valence-electron chi connectivity index (χ4n) is 7.50. The molecule has 6 aromatic carbocycles. The monoisotopic (exact) mass is 990 g/mol. The van der Waals surface area contributed by atoms with E-state index in [-0.39, 0.29) is 36.8 Å². The first kappa shape index (κ1) is 31.5. The third kappa shape index (κ3) is 8.60. The average molecular weight is 990 g/mol. The molecule has 1 radical (unpaired) electrons. The van der Waals surface area contributed by atoms with Gasteiger partial charge in [-0.25, -0.2) is 0 Å². The third-order valence-electron chi connectivity index (χ3n) is 10.2. The minimum atomic E-state index is -2.54. The zero-order valence-electron chi connectivity index (χ0n) is 44.8. The predicted octanol–water partition coefficient (Wildman–Crippen LogP) is 14.9. The number of fused-ring (bicyclic) bond motifs is 4. The van der Waals surface area contributed by atoms with Crippen molar-refractivity contribution in [3.8, 4) is 39.5 Å². The van der Waals surface area contributed by atoms with E-state index in [0.717, 1.165) is 27.9 Å². The van der Waals surface area contributed by atoms with Gasteiger partial charge in [-0.2, -0.15) is 0 Å². The molecule has 0 unspecified atom stereocenters. The second-order valence-corrected chi connectivity index (χ2v) is 20.9. The Bertz CT molecular complexity index is 3290. The molecule has 0 bridgehead atoms. The van der Waals surface area contributed by atoms with E-state index in [4.69, 9.17) is 23.1 Å². The molecule has 0 aliphatic rings. The normalized spacial score (nSPS) is 15.1. The van der Waals surface area contributed by atoms with Crippen molar-refractivity contribution in [1.82, 2.24) is 14.5 Å². The zero-order chi connectivity index (χ0) is 50.1. The molecule has 9 rings (SSSR count). The summed E-state index contributed by atoms with van der Waals surface area (Å²) in [6.45, 7) is 8.69. The summed E-state index contributed by atoms with van der Waals surface area (Å²) in [5, 5.41) is 1.35. The molecule has 0 saturated carbocycles. The number of pyridine rings is 1. The van der Waals surface area contributed by atoms with Crippen molar-refractivity contribution in [2.45, 2.75) is 78.8 Å². The van der Waals surface area contributed by atoms with Crippen molar-refractivity contribution in [2.24, 2.45) is 0 Å². The van der Waals surface area contributed by atoms with Gasteiger partial charge in [0.1, 0.15) is 5.58 Å². The molecule has 0 N–H and O–H groups in total. The van der Waals surface area contributed by atoms with E-state index in [1.54, 1.807) is 48.5 Å². The molecular weight excluding hydrogens is 927 g/mol. The number of imidazole rings is 1. The molecule has 3 heterocycles. The number of para-hydroxylation sites is 3. The van der Waals surface area contributed by atoms with E-state index in [1.807, 2.05) is 131 Å². The maximum Gasteiger partial charge on any atom is 0.124 e. The summed E-state index contributed by atoms with van der Waals surface area (Å²) in [4.78, 5) is 9.24. The first-order valence-corrected chi connectivity index (χ1v) is 23.2. The van der Waals surface area contributed by atoms with Gasteiger partial charge in [0.05, 0.1) is 22.4 Å². The topological polar surface area (TPSA) is 43.9 Å². The summed E-state index contributed by atoms with van der Waals surface area (Å²) < 4.78 is 92.4. The van der Waals surface area contributed by atoms with Gasteiger partial charge in [-0.05, 0) is 82.7 Å². The number of rotatable bonds is 8. The summed E-state index contributed by atoms with van der Waals surface area (Å²) >= 11 is 0. The van der Waals surface area contributed by atoms with Gasteiger partial charge < -0.3 is 14.0 Å². The largest absolute Gasteiger partial charge is 0.500 e. The van der Waals surface area contributed by atoms with Gasteiger partial charge in [-0.15, -0.1) is 54.1 Å². The molecule has 0 aliphatic carbocycles. The van der Waals surface area contributed by atoms with Crippen molar-refractivity contribution in [2.75, 3.05) is 0 Å². The first-order chi connectivity index (χ1) is 32.2. The zero-order valence-corrected chi connectivity index (χ0v) is 38.2. The molecule has 3 aromatic heterocycles. The second-order valence-electron chi connectivity index (χ2n) is 16.2. The van der Waals surface area contributed by atoms with E-state index in [9.17, 15) is 0 Å². The molecule has 60 heavy (non-hydrogen) atoms. The Morgan fingerprint density at radius 3 is 2.13 bits per heavy atom. The maximum absolute atomic E-state index is 9.16. The van der Waals surface area contributed by atoms with Crippen LogP contribution in [-0.4, -0.2) is 22.6 Å². The number of aromatic nitrogens is 3. The van der Waals surface area contributed by atoms with Crippen molar-refractivity contribution >= 4 is 41.0 Å². The minimum Gasteiger partial charge on any atom is -0.500 e. The van der Waals surface area contributed by atoms with Crippen molar-refractivity contribution in [3.63, 3.8) is 0 Å². The van der Waals surface area contributed by atoms with Gasteiger partial charge in [0.25, 0.3) is 0 Å². The molecule has 4 nitrogen and oxygen atoms in total. The molecule has 0 atom stereocenters. The number of nitrogens with zero attached hydrogens (tertiary/aromatic N) is 3.